The number of nitrogen functional groups attached to an aromatic ring is 2. The van der Waals surface area contributed by atoms with Crippen LogP contribution >= 0.6 is 108 Å². The predicted molar refractivity (Wildman–Crippen MR) is 191 cm³/mol. The number of hydrogen-bond acceptors (Lipinski definition) is 7. The van der Waals surface area contributed by atoms with E-state index in [1.807, 2.05) is 0 Å². The zero-order chi connectivity index (χ0) is 34.6. The second-order valence-electron chi connectivity index (χ2n) is 8.09. The van der Waals surface area contributed by atoms with Gasteiger partial charge in [0.25, 0.3) is 0 Å². The highest BCUT2D eigenvalue weighted by molar-refractivity contribution is 15.0. The molecule has 0 aliphatic carbocycles. The lowest BCUT2D eigenvalue weighted by Gasteiger charge is -2.13. The minimum atomic E-state index is -4.63. The number of nitrogens with zero attached hydrogens (tertiary/aromatic N) is 6. The molecule has 0 aliphatic rings. The number of rotatable bonds is 3. The number of alkyl halides is 6. The van der Waals surface area contributed by atoms with Crippen molar-refractivity contribution < 1.29 is 30.6 Å². The van der Waals surface area contributed by atoms with Crippen LogP contribution in [-0.2, 0) is 23.2 Å². The van der Waals surface area contributed by atoms with Crippen LogP contribution in [0, 0.1) is 22.7 Å². The van der Waals surface area contributed by atoms with Crippen LogP contribution in [0.2, 0.25) is 20.1 Å². The molecular weight excluding hydrogens is 1070 g/mol. The summed E-state index contributed by atoms with van der Waals surface area (Å²) in [4.78, 5) is -0.0421. The number of nitriles is 2. The number of aromatic nitrogens is 4. The van der Waals surface area contributed by atoms with E-state index in [0.717, 1.165) is 21.5 Å². The fourth-order valence-corrected chi connectivity index (χ4v) is 5.47. The van der Waals surface area contributed by atoms with Gasteiger partial charge in [-0.2, -0.15) is 47.1 Å². The Labute approximate surface area is 318 Å². The molecule has 0 spiro atoms. The lowest BCUT2D eigenvalue weighted by Crippen LogP contribution is -2.09. The van der Waals surface area contributed by atoms with Gasteiger partial charge < -0.3 is 11.5 Å². The highest BCUT2D eigenvalue weighted by Gasteiger charge is 2.34. The van der Waals surface area contributed by atoms with E-state index in [0.29, 0.717) is 12.1 Å². The average molecular weight is 1090 g/mol. The van der Waals surface area contributed by atoms with E-state index in [2.05, 4.69) is 47.4 Å². The Hall–Kier alpha value is -1.48. The fraction of sp³-hybridized carbons (Fsp3) is 0.130. The van der Waals surface area contributed by atoms with Gasteiger partial charge in [0.1, 0.15) is 40.0 Å². The molecule has 4 aromatic rings. The molecule has 23 heteroatoms. The molecule has 2 aromatic heterocycles. The first-order chi connectivity index (χ1) is 20.8. The topological polar surface area (TPSA) is 152 Å². The van der Waals surface area contributed by atoms with Crippen molar-refractivity contribution in [3.8, 4) is 23.5 Å². The summed E-state index contributed by atoms with van der Waals surface area (Å²) in [7, 11) is -1.63. The van der Waals surface area contributed by atoms with Crippen LogP contribution in [-0.4, -0.2) is 30.0 Å². The monoisotopic (exact) mass is 1080 g/mol. The van der Waals surface area contributed by atoms with Gasteiger partial charge in [-0.05, 0) is 24.3 Å². The molecule has 0 amide bonds. The number of benzene rings is 2. The summed E-state index contributed by atoms with van der Waals surface area (Å²) in [6, 6.07) is 7.49. The number of halogens is 13. The maximum atomic E-state index is 12.7. The number of anilines is 2. The number of nitrogens with two attached hydrogens (primary N) is 2. The average Bonchev–Trinajstić information content (AvgIpc) is 3.47. The Balaban J connectivity index is 0.000000431. The van der Waals surface area contributed by atoms with Gasteiger partial charge in [-0.15, -0.1) is 24.0 Å². The summed E-state index contributed by atoms with van der Waals surface area (Å²) in [5.74, 6) is -0.156. The summed E-state index contributed by atoms with van der Waals surface area (Å²) in [6.07, 6.45) is -7.91. The lowest BCUT2D eigenvalue weighted by molar-refractivity contribution is -0.138. The molecule has 4 N–H and O–H groups in total. The molecule has 0 saturated carbocycles. The molecule has 4 rings (SSSR count). The van der Waals surface area contributed by atoms with Crippen molar-refractivity contribution in [2.45, 2.75) is 17.2 Å². The van der Waals surface area contributed by atoms with Crippen LogP contribution in [0.25, 0.3) is 11.4 Å². The Bertz CT molecular complexity index is 1810. The molecule has 46 heavy (non-hydrogen) atoms. The predicted octanol–water partition coefficient (Wildman–Crippen LogP) is 9.43. The summed E-state index contributed by atoms with van der Waals surface area (Å²) < 4.78 is 89.6. The van der Waals surface area contributed by atoms with Crippen molar-refractivity contribution in [1.82, 2.24) is 19.6 Å². The van der Waals surface area contributed by atoms with Gasteiger partial charge in [-0.25, -0.2) is 9.36 Å². The molecule has 0 saturated heterocycles. The van der Waals surface area contributed by atoms with Crippen LogP contribution in [0.3, 0.4) is 0 Å². The maximum Gasteiger partial charge on any atom is 0.416 e. The van der Waals surface area contributed by atoms with Crippen molar-refractivity contribution in [2.75, 3.05) is 17.7 Å². The van der Waals surface area contributed by atoms with Crippen LogP contribution in [0.5, 0.6) is 0 Å². The summed E-state index contributed by atoms with van der Waals surface area (Å²) in [5, 5.41) is 24.1. The van der Waals surface area contributed by atoms with E-state index in [9.17, 15) is 30.6 Å². The smallest absolute Gasteiger partial charge is 0.384 e. The van der Waals surface area contributed by atoms with E-state index in [1.165, 1.54) is 12.3 Å². The summed E-state index contributed by atoms with van der Waals surface area (Å²) in [6.45, 7) is 0. The van der Waals surface area contributed by atoms with Crippen molar-refractivity contribution in [3.63, 3.8) is 0 Å². The van der Waals surface area contributed by atoms with Crippen LogP contribution in [0.15, 0.2) is 35.2 Å². The van der Waals surface area contributed by atoms with Gasteiger partial charge in [0.2, 0.25) is 0 Å². The fourth-order valence-electron chi connectivity index (χ4n) is 3.44. The van der Waals surface area contributed by atoms with E-state index in [4.69, 9.17) is 68.4 Å². The van der Waals surface area contributed by atoms with Crippen molar-refractivity contribution in [3.05, 3.63) is 72.9 Å². The van der Waals surface area contributed by atoms with Crippen molar-refractivity contribution in [1.29, 1.82) is 10.5 Å². The van der Waals surface area contributed by atoms with Gasteiger partial charge in [-0.3, -0.25) is 4.21 Å². The van der Waals surface area contributed by atoms with E-state index >= 15 is 0 Å². The zero-order valence-corrected chi connectivity index (χ0v) is 32.5. The van der Waals surface area contributed by atoms with Gasteiger partial charge in [-0.1, -0.05) is 46.4 Å². The van der Waals surface area contributed by atoms with Crippen molar-refractivity contribution >= 4 is 130 Å². The molecule has 0 fully saturated rings. The largest absolute Gasteiger partial charge is 0.416 e. The lowest BCUT2D eigenvalue weighted by atomic mass is 10.2. The quantitative estimate of drug-likeness (QED) is 0.153. The van der Waals surface area contributed by atoms with E-state index < -0.39 is 34.3 Å². The molecule has 0 bridgehead atoms. The standard InChI is InChI=1S/C12H7Cl2F3N4OS.C11H5Cl2F3N4.I2.HI/c1-23(22)10-8(4-18)20-21(11(10)19)9-6(13)2-5(3-7(9)14)12(15,16)17;12-7-1-5(11(14,15)16)2-8(13)10(7)20-9(18)3-6(4-17)19-20;1-2;/h2-3H,19H2,1H3;1-3H,18H2;;1H. The highest BCUT2D eigenvalue weighted by Crippen LogP contribution is 2.40. The zero-order valence-electron chi connectivity index (χ0n) is 22.0. The molecule has 0 aliphatic heterocycles. The third kappa shape index (κ3) is 9.79. The molecule has 2 aromatic carbocycles. The Kier molecular flexibility index (Phi) is 16.0. The second-order valence-corrected chi connectivity index (χ2v) is 11.0. The maximum absolute atomic E-state index is 12.7. The van der Waals surface area contributed by atoms with E-state index in [1.54, 1.807) is 12.1 Å². The molecule has 1 atom stereocenters. The van der Waals surface area contributed by atoms with Crippen molar-refractivity contribution in [2.24, 2.45) is 0 Å². The highest BCUT2D eigenvalue weighted by atomic mass is 128. The first-order valence-corrected chi connectivity index (χ1v) is 20.3. The Morgan fingerprint density at radius 1 is 0.783 bits per heavy atom. The van der Waals surface area contributed by atoms with Crippen LogP contribution in [0.1, 0.15) is 22.5 Å². The second kappa shape index (κ2) is 17.3. The first-order valence-electron chi connectivity index (χ1n) is 11.0. The number of hydrogen-bond donors (Lipinski definition) is 2. The van der Waals surface area contributed by atoms with E-state index in [-0.39, 0.29) is 83.4 Å². The van der Waals surface area contributed by atoms with Crippen LogP contribution < -0.4 is 11.5 Å². The normalized spacial score (nSPS) is 11.5. The third-order valence-corrected chi connectivity index (χ3v) is 7.36. The SMILES string of the molecule is CS(=O)c1c(C#N)nn(-c2c(Cl)cc(C(F)(F)F)cc2Cl)c1N.I.II.N#Cc1cc(N)n(-c2c(Cl)cc(C(F)(F)F)cc2Cl)n1. The molecule has 2 heterocycles. The first kappa shape index (κ1) is 42.5. The van der Waals surface area contributed by atoms with Gasteiger partial charge in [0.15, 0.2) is 11.4 Å². The molecule has 248 valence electrons. The Morgan fingerprint density at radius 2 is 1.17 bits per heavy atom. The third-order valence-electron chi connectivity index (χ3n) is 5.23. The summed E-state index contributed by atoms with van der Waals surface area (Å²) in [5.41, 5.74) is 9.01. The molecular formula is C23H13Cl4F6I3N8OS. The van der Waals surface area contributed by atoms with Crippen LogP contribution in [0.4, 0.5) is 38.0 Å². The minimum absolute atomic E-state index is 0. The Morgan fingerprint density at radius 3 is 1.46 bits per heavy atom. The molecule has 0 radical (unpaired) electrons. The van der Waals surface area contributed by atoms with Gasteiger partial charge >= 0.3 is 12.4 Å². The van der Waals surface area contributed by atoms with Gasteiger partial charge in [0, 0.05) is 49.6 Å². The molecule has 9 nitrogen and oxygen atoms in total. The molecule has 1 unspecified atom stereocenters. The summed E-state index contributed by atoms with van der Waals surface area (Å²) >= 11 is 27.6. The minimum Gasteiger partial charge on any atom is -0.384 e. The van der Waals surface area contributed by atoms with Gasteiger partial charge in [0.05, 0.1) is 42.0 Å².